The van der Waals surface area contributed by atoms with Gasteiger partial charge in [-0.1, -0.05) is 136 Å². The standard InChI is InChI=1S/2C19H28P.2ClH.Ti/c2*1-13-9-10-14(2)17-12-15(11-16(13)17)20(18(3,4)5)19(6,7)8;;;/h2*9-12H,1-8H3;2*1H;/q2*-1;;;+2/p-2. The fraction of sp³-hybridized carbons (Fsp3) is 0.526. The van der Waals surface area contributed by atoms with Gasteiger partial charge in [0.1, 0.15) is 0 Å². The van der Waals surface area contributed by atoms with Crippen molar-refractivity contribution in [2.24, 2.45) is 0 Å². The molecule has 0 aliphatic carbocycles. The Bertz CT molecular complexity index is 1280. The maximum absolute atomic E-state index is 4.89. The number of aryl methyl sites for hydroxylation is 4. The first-order valence-corrected chi connectivity index (χ1v) is 22.3. The third-order valence-corrected chi connectivity index (χ3v) is 14.7. The predicted molar refractivity (Wildman–Crippen MR) is 202 cm³/mol. The molecule has 43 heavy (non-hydrogen) atoms. The number of benzene rings is 2. The van der Waals surface area contributed by atoms with Crippen LogP contribution >= 0.6 is 34.5 Å². The second-order valence-electron chi connectivity index (χ2n) is 15.9. The van der Waals surface area contributed by atoms with Crippen molar-refractivity contribution in [1.82, 2.24) is 0 Å². The molecule has 4 aromatic rings. The molecule has 0 atom stereocenters. The number of hydrogen-bond donors (Lipinski definition) is 0. The molecule has 0 saturated heterocycles. The van der Waals surface area contributed by atoms with Gasteiger partial charge in [0.05, 0.1) is 0 Å². The van der Waals surface area contributed by atoms with E-state index in [0.717, 1.165) is 0 Å². The Morgan fingerprint density at radius 2 is 0.721 bits per heavy atom. The first-order chi connectivity index (χ1) is 19.4. The van der Waals surface area contributed by atoms with Gasteiger partial charge in [-0.15, -0.1) is 67.5 Å². The van der Waals surface area contributed by atoms with Gasteiger partial charge in [0.15, 0.2) is 0 Å². The van der Waals surface area contributed by atoms with Crippen molar-refractivity contribution in [3.8, 4) is 0 Å². The molecule has 0 amide bonds. The number of rotatable bonds is 2. The first kappa shape index (κ1) is 39.0. The Morgan fingerprint density at radius 1 is 0.488 bits per heavy atom. The molecule has 5 heteroatoms. The van der Waals surface area contributed by atoms with Gasteiger partial charge >= 0.3 is 35.6 Å². The van der Waals surface area contributed by atoms with E-state index in [4.69, 9.17) is 18.6 Å². The van der Waals surface area contributed by atoms with Gasteiger partial charge in [0.2, 0.25) is 0 Å². The molecular formula is C38H56Cl2P2Ti-2. The molecule has 0 spiro atoms. The topological polar surface area (TPSA) is 0 Å². The normalized spacial score (nSPS) is 12.8. The van der Waals surface area contributed by atoms with E-state index in [1.54, 1.807) is 10.6 Å². The van der Waals surface area contributed by atoms with Crippen LogP contribution in [0.5, 0.6) is 0 Å². The van der Waals surface area contributed by atoms with E-state index in [2.05, 4.69) is 159 Å². The summed E-state index contributed by atoms with van der Waals surface area (Å²) < 4.78 is 0. The van der Waals surface area contributed by atoms with E-state index in [-0.39, 0.29) is 15.8 Å². The van der Waals surface area contributed by atoms with Crippen molar-refractivity contribution >= 4 is 66.6 Å². The first-order valence-electron chi connectivity index (χ1n) is 15.4. The maximum atomic E-state index is 4.89. The van der Waals surface area contributed by atoms with E-state index < -0.39 is 17.0 Å². The molecule has 238 valence electrons. The molecule has 0 saturated carbocycles. The summed E-state index contributed by atoms with van der Waals surface area (Å²) in [5, 5.41) is 10.2. The van der Waals surface area contributed by atoms with Crippen LogP contribution in [0.2, 0.25) is 0 Å². The summed E-state index contributed by atoms with van der Waals surface area (Å²) in [6.45, 7) is 37.6. The average Bonchev–Trinajstić information content (AvgIpc) is 3.42. The molecule has 0 nitrogen and oxygen atoms in total. The van der Waals surface area contributed by atoms with Crippen molar-refractivity contribution in [1.29, 1.82) is 0 Å². The summed E-state index contributed by atoms with van der Waals surface area (Å²) >= 11 is -0.556. The molecule has 0 N–H and O–H groups in total. The van der Waals surface area contributed by atoms with Crippen molar-refractivity contribution < 1.29 is 17.0 Å². The van der Waals surface area contributed by atoms with Crippen LogP contribution in [-0.2, 0) is 17.0 Å². The number of halogens is 2. The number of hydrogen-bond acceptors (Lipinski definition) is 0. The van der Waals surface area contributed by atoms with Gasteiger partial charge in [-0.2, -0.15) is 12.1 Å². The molecule has 0 bridgehead atoms. The van der Waals surface area contributed by atoms with Crippen LogP contribution < -0.4 is 10.6 Å². The second-order valence-corrected chi connectivity index (χ2v) is 26.2. The quantitative estimate of drug-likeness (QED) is 0.111. The molecular weight excluding hydrogens is 637 g/mol. The summed E-state index contributed by atoms with van der Waals surface area (Å²) in [7, 11) is 9.36. The van der Waals surface area contributed by atoms with E-state index in [9.17, 15) is 0 Å². The Morgan fingerprint density at radius 3 is 0.930 bits per heavy atom. The number of fused-ring (bicyclic) bond motifs is 2. The minimum atomic E-state index is -0.556. The summed E-state index contributed by atoms with van der Waals surface area (Å²) in [5.41, 5.74) is 5.59. The molecule has 0 aromatic heterocycles. The van der Waals surface area contributed by atoms with Gasteiger partial charge in [0, 0.05) is 0 Å². The van der Waals surface area contributed by atoms with Gasteiger partial charge in [-0.3, -0.25) is 0 Å². The van der Waals surface area contributed by atoms with E-state index in [1.807, 2.05) is 0 Å². The Kier molecular flexibility index (Phi) is 13.3. The van der Waals surface area contributed by atoms with E-state index in [0.29, 0.717) is 20.6 Å². The van der Waals surface area contributed by atoms with Crippen LogP contribution in [0.1, 0.15) is 105 Å². The summed E-state index contributed by atoms with van der Waals surface area (Å²) in [5.74, 6) is 0. The molecule has 4 rings (SSSR count). The van der Waals surface area contributed by atoms with Crippen molar-refractivity contribution in [2.75, 3.05) is 0 Å². The molecule has 0 unspecified atom stereocenters. The van der Waals surface area contributed by atoms with Crippen LogP contribution in [0.15, 0.2) is 48.5 Å². The zero-order valence-corrected chi connectivity index (χ0v) is 34.6. The third-order valence-electron chi connectivity index (χ3n) is 7.81. The molecule has 0 aliphatic heterocycles. The minimum absolute atomic E-state index is 0.209. The molecule has 0 aliphatic rings. The van der Waals surface area contributed by atoms with Crippen LogP contribution in [-0.4, -0.2) is 20.6 Å². The van der Waals surface area contributed by atoms with Gasteiger partial charge in [-0.05, 0) is 34.5 Å². The van der Waals surface area contributed by atoms with Gasteiger partial charge in [0.25, 0.3) is 0 Å². The van der Waals surface area contributed by atoms with Crippen LogP contribution in [0.25, 0.3) is 21.5 Å². The molecule has 0 radical (unpaired) electrons. The van der Waals surface area contributed by atoms with Gasteiger partial charge < -0.3 is 0 Å². The Labute approximate surface area is 284 Å². The SMILES string of the molecule is Cc1ccc(C)c2[cH-]c(P(C(C)(C)C)C(C)(C)C)cc12.Cc1ccc(C)c2[cH-]c(P(C(C)(C)C)C(C)(C)C)cc12.[Cl][Ti][Cl]. The zero-order chi connectivity index (χ0) is 33.3. The van der Waals surface area contributed by atoms with Crippen molar-refractivity contribution in [3.05, 3.63) is 70.8 Å². The third kappa shape index (κ3) is 9.90. The molecule has 0 fully saturated rings. The van der Waals surface area contributed by atoms with Crippen LogP contribution in [0.4, 0.5) is 0 Å². The van der Waals surface area contributed by atoms with Crippen molar-refractivity contribution in [3.63, 3.8) is 0 Å². The zero-order valence-electron chi connectivity index (χ0n) is 29.8. The van der Waals surface area contributed by atoms with Crippen LogP contribution in [0.3, 0.4) is 0 Å². The fourth-order valence-corrected chi connectivity index (χ4v) is 15.1. The molecule has 4 aromatic carbocycles. The predicted octanol–water partition coefficient (Wildman–Crippen LogP) is 13.1. The fourth-order valence-electron chi connectivity index (χ4n) is 6.97. The van der Waals surface area contributed by atoms with E-state index >= 15 is 0 Å². The Balaban J connectivity index is 0.000000275. The average molecular weight is 694 g/mol. The van der Waals surface area contributed by atoms with E-state index in [1.165, 1.54) is 43.8 Å². The Hall–Kier alpha value is -0.186. The summed E-state index contributed by atoms with van der Waals surface area (Å²) in [6, 6.07) is 18.8. The monoisotopic (exact) mass is 692 g/mol. The van der Waals surface area contributed by atoms with Crippen molar-refractivity contribution in [2.45, 2.75) is 131 Å². The van der Waals surface area contributed by atoms with Crippen LogP contribution in [0, 0.1) is 27.7 Å². The summed E-state index contributed by atoms with van der Waals surface area (Å²) in [4.78, 5) is 0. The summed E-state index contributed by atoms with van der Waals surface area (Å²) in [6.07, 6.45) is 0. The molecule has 0 heterocycles. The second kappa shape index (κ2) is 14.7. The van der Waals surface area contributed by atoms with Gasteiger partial charge in [-0.25, -0.2) is 0 Å².